The highest BCUT2D eigenvalue weighted by atomic mass is 16.6. The van der Waals surface area contributed by atoms with Gasteiger partial charge in [0, 0.05) is 19.5 Å². The van der Waals surface area contributed by atoms with Crippen molar-refractivity contribution in [1.29, 1.82) is 0 Å². The van der Waals surface area contributed by atoms with Crippen LogP contribution in [0.1, 0.15) is 114 Å². The molecular formula is C36H55N3O5. The number of amides is 3. The van der Waals surface area contributed by atoms with Crippen LogP contribution in [-0.2, 0) is 20.7 Å². The predicted molar refractivity (Wildman–Crippen MR) is 177 cm³/mol. The van der Waals surface area contributed by atoms with Crippen LogP contribution in [0, 0.1) is 13.8 Å². The molecule has 0 bridgehead atoms. The number of nitrogens with zero attached hydrogens (tertiary/aromatic N) is 1. The van der Waals surface area contributed by atoms with Crippen LogP contribution in [-0.4, -0.2) is 52.6 Å². The average molecular weight is 610 g/mol. The second-order valence-electron chi connectivity index (χ2n) is 12.8. The lowest BCUT2D eigenvalue weighted by Gasteiger charge is -2.35. The molecule has 2 unspecified atom stereocenters. The van der Waals surface area contributed by atoms with Gasteiger partial charge in [0.2, 0.25) is 11.8 Å². The molecule has 244 valence electrons. The van der Waals surface area contributed by atoms with Crippen molar-refractivity contribution < 1.29 is 24.2 Å². The Morgan fingerprint density at radius 2 is 1.45 bits per heavy atom. The van der Waals surface area contributed by atoms with Gasteiger partial charge in [0.1, 0.15) is 23.4 Å². The van der Waals surface area contributed by atoms with Crippen molar-refractivity contribution >= 4 is 17.9 Å². The number of phenolic OH excluding ortho intramolecular Hbond substituents is 1. The van der Waals surface area contributed by atoms with Gasteiger partial charge in [-0.25, -0.2) is 4.79 Å². The first-order valence-corrected chi connectivity index (χ1v) is 16.3. The predicted octanol–water partition coefficient (Wildman–Crippen LogP) is 7.29. The van der Waals surface area contributed by atoms with Gasteiger partial charge in [-0.3, -0.25) is 9.59 Å². The summed E-state index contributed by atoms with van der Waals surface area (Å²) in [5.41, 5.74) is 2.76. The number of ether oxygens (including phenoxy) is 1. The topological polar surface area (TPSA) is 108 Å². The zero-order valence-corrected chi connectivity index (χ0v) is 28.0. The smallest absolute Gasteiger partial charge is 0.408 e. The van der Waals surface area contributed by atoms with E-state index in [2.05, 4.69) is 24.5 Å². The second-order valence-corrected chi connectivity index (χ2v) is 12.8. The molecule has 3 amide bonds. The minimum absolute atomic E-state index is 0.111. The molecule has 0 heterocycles. The van der Waals surface area contributed by atoms with Gasteiger partial charge in [0.15, 0.2) is 0 Å². The largest absolute Gasteiger partial charge is 0.508 e. The van der Waals surface area contributed by atoms with Gasteiger partial charge in [0.05, 0.1) is 0 Å². The lowest BCUT2D eigenvalue weighted by atomic mass is 9.97. The number of hydrogen-bond donors (Lipinski definition) is 3. The third-order valence-electron chi connectivity index (χ3n) is 7.35. The third-order valence-corrected chi connectivity index (χ3v) is 7.35. The van der Waals surface area contributed by atoms with Crippen molar-refractivity contribution in [1.82, 2.24) is 15.5 Å². The van der Waals surface area contributed by atoms with Crippen LogP contribution >= 0.6 is 0 Å². The van der Waals surface area contributed by atoms with Crippen molar-refractivity contribution in [2.45, 2.75) is 124 Å². The Hall–Kier alpha value is -3.55. The number of carbonyl (C=O) groups excluding carboxylic acids is 3. The second kappa shape index (κ2) is 18.3. The van der Waals surface area contributed by atoms with Crippen LogP contribution in [0.25, 0.3) is 0 Å². The van der Waals surface area contributed by atoms with Gasteiger partial charge in [-0.05, 0) is 70.7 Å². The fraction of sp³-hybridized carbons (Fsp3) is 0.583. The van der Waals surface area contributed by atoms with Gasteiger partial charge in [0.25, 0.3) is 0 Å². The number of phenols is 1. The molecule has 0 aliphatic rings. The molecule has 2 atom stereocenters. The monoisotopic (exact) mass is 609 g/mol. The third kappa shape index (κ3) is 13.0. The number of carbonyl (C=O) groups is 3. The van der Waals surface area contributed by atoms with Crippen molar-refractivity contribution in [3.8, 4) is 5.75 Å². The first-order valence-electron chi connectivity index (χ1n) is 16.3. The Labute approximate surface area is 264 Å². The average Bonchev–Trinajstić information content (AvgIpc) is 2.93. The van der Waals surface area contributed by atoms with Crippen LogP contribution < -0.4 is 10.6 Å². The molecule has 2 aromatic rings. The summed E-state index contributed by atoms with van der Waals surface area (Å²) in [5.74, 6) is -0.476. The van der Waals surface area contributed by atoms with Crippen LogP contribution in [0.2, 0.25) is 0 Å². The molecule has 2 aromatic carbocycles. The molecule has 8 heteroatoms. The molecule has 0 spiro atoms. The fourth-order valence-corrected chi connectivity index (χ4v) is 5.27. The number of aryl methyl sites for hydroxylation is 2. The molecule has 0 radical (unpaired) electrons. The van der Waals surface area contributed by atoms with E-state index < -0.39 is 23.8 Å². The molecule has 0 saturated carbocycles. The maximum absolute atomic E-state index is 14.6. The van der Waals surface area contributed by atoms with Crippen molar-refractivity contribution in [2.24, 2.45) is 0 Å². The van der Waals surface area contributed by atoms with E-state index in [1.807, 2.05) is 32.0 Å². The Kier molecular flexibility index (Phi) is 15.2. The van der Waals surface area contributed by atoms with Crippen LogP contribution in [0.4, 0.5) is 4.79 Å². The molecule has 0 aliphatic carbocycles. The Bertz CT molecular complexity index is 1170. The van der Waals surface area contributed by atoms with Crippen molar-refractivity contribution in [2.75, 3.05) is 13.1 Å². The zero-order valence-electron chi connectivity index (χ0n) is 28.0. The van der Waals surface area contributed by atoms with E-state index in [4.69, 9.17) is 4.74 Å². The number of benzene rings is 2. The maximum Gasteiger partial charge on any atom is 0.408 e. The van der Waals surface area contributed by atoms with Gasteiger partial charge in [-0.2, -0.15) is 0 Å². The van der Waals surface area contributed by atoms with Gasteiger partial charge in [-0.15, -0.1) is 0 Å². The molecule has 8 nitrogen and oxygen atoms in total. The van der Waals surface area contributed by atoms with Crippen molar-refractivity contribution in [3.05, 3.63) is 64.7 Å². The minimum Gasteiger partial charge on any atom is -0.508 e. The SMILES string of the molecule is CCCCCCCCN(C(=O)C(Cc1ccc(O)cc1)NC(=O)OC(C)(C)C)C(C(=O)NCCCC)c1cc(C)cc(C)c1. The Morgan fingerprint density at radius 3 is 2.05 bits per heavy atom. The summed E-state index contributed by atoms with van der Waals surface area (Å²) in [4.78, 5) is 43.2. The maximum atomic E-state index is 14.6. The summed E-state index contributed by atoms with van der Waals surface area (Å²) in [6.45, 7) is 14.4. The van der Waals surface area contributed by atoms with E-state index in [-0.39, 0.29) is 24.0 Å². The molecule has 44 heavy (non-hydrogen) atoms. The molecule has 0 saturated heterocycles. The standard InChI is InChI=1S/C36H55N3O5/c1-8-10-12-13-14-15-21-39(32(33(41)37-20-11-9-2)29-23-26(3)22-27(4)24-29)34(42)31(38-35(43)44-36(5,6)7)25-28-16-18-30(40)19-17-28/h16-19,22-24,31-32,40H,8-15,20-21,25H2,1-7H3,(H,37,41)(H,38,43). The van der Waals surface area contributed by atoms with E-state index in [9.17, 15) is 19.5 Å². The summed E-state index contributed by atoms with van der Waals surface area (Å²) in [7, 11) is 0. The number of alkyl carbamates (subject to hydrolysis) is 1. The van der Waals surface area contributed by atoms with Crippen molar-refractivity contribution in [3.63, 3.8) is 0 Å². The highest BCUT2D eigenvalue weighted by Gasteiger charge is 2.36. The number of rotatable bonds is 17. The summed E-state index contributed by atoms with van der Waals surface area (Å²) < 4.78 is 5.54. The van der Waals surface area contributed by atoms with Crippen LogP contribution in [0.3, 0.4) is 0 Å². The minimum atomic E-state index is -0.994. The summed E-state index contributed by atoms with van der Waals surface area (Å²) in [5, 5.41) is 15.7. The van der Waals surface area contributed by atoms with E-state index >= 15 is 0 Å². The molecule has 0 fully saturated rings. The zero-order chi connectivity index (χ0) is 32.7. The molecule has 3 N–H and O–H groups in total. The van der Waals surface area contributed by atoms with E-state index in [1.54, 1.807) is 49.9 Å². The number of nitrogens with one attached hydrogen (secondary N) is 2. The number of hydrogen-bond acceptors (Lipinski definition) is 5. The normalized spacial score (nSPS) is 12.7. The van der Waals surface area contributed by atoms with Gasteiger partial charge < -0.3 is 25.4 Å². The lowest BCUT2D eigenvalue weighted by Crippen LogP contribution is -2.54. The van der Waals surface area contributed by atoms with Crippen LogP contribution in [0.5, 0.6) is 5.75 Å². The first kappa shape index (κ1) is 36.6. The molecule has 2 rings (SSSR count). The van der Waals surface area contributed by atoms with Crippen LogP contribution in [0.15, 0.2) is 42.5 Å². The molecular weight excluding hydrogens is 554 g/mol. The quantitative estimate of drug-likeness (QED) is 0.163. The highest BCUT2D eigenvalue weighted by Crippen LogP contribution is 2.27. The summed E-state index contributed by atoms with van der Waals surface area (Å²) >= 11 is 0. The number of aromatic hydroxyl groups is 1. The Morgan fingerprint density at radius 1 is 0.864 bits per heavy atom. The summed E-state index contributed by atoms with van der Waals surface area (Å²) in [6.07, 6.45) is 7.40. The van der Waals surface area contributed by atoms with Gasteiger partial charge >= 0.3 is 6.09 Å². The first-order chi connectivity index (χ1) is 20.8. The van der Waals surface area contributed by atoms with Gasteiger partial charge in [-0.1, -0.05) is 93.8 Å². The summed E-state index contributed by atoms with van der Waals surface area (Å²) in [6, 6.07) is 10.7. The Balaban J connectivity index is 2.56. The lowest BCUT2D eigenvalue weighted by molar-refractivity contribution is -0.142. The molecule has 0 aromatic heterocycles. The highest BCUT2D eigenvalue weighted by molar-refractivity contribution is 5.92. The van der Waals surface area contributed by atoms with E-state index in [0.717, 1.165) is 67.2 Å². The van der Waals surface area contributed by atoms with E-state index in [1.165, 1.54) is 6.42 Å². The number of unbranched alkanes of at least 4 members (excludes halogenated alkanes) is 6. The van der Waals surface area contributed by atoms with E-state index in [0.29, 0.717) is 13.1 Å². The fourth-order valence-electron chi connectivity index (χ4n) is 5.27. The molecule has 0 aliphatic heterocycles.